The van der Waals surface area contributed by atoms with E-state index in [0.29, 0.717) is 0 Å². The van der Waals surface area contributed by atoms with Gasteiger partial charge in [0.25, 0.3) is 0 Å². The Balaban J connectivity index is 0.000000109. The number of hydrogen-bond acceptors (Lipinski definition) is 6. The first-order chi connectivity index (χ1) is 72.4. The van der Waals surface area contributed by atoms with E-state index in [2.05, 4.69) is 567 Å². The van der Waals surface area contributed by atoms with Gasteiger partial charge in [0.1, 0.15) is 33.5 Å². The molecule has 6 nitrogen and oxygen atoms in total. The van der Waals surface area contributed by atoms with Crippen molar-refractivity contribution in [3.8, 4) is 66.8 Å². The molecule has 0 bridgehead atoms. The molecular formula is C140H91N3O3. The fourth-order valence-electron chi connectivity index (χ4n) is 22.3. The van der Waals surface area contributed by atoms with Gasteiger partial charge in [0.15, 0.2) is 0 Å². The summed E-state index contributed by atoms with van der Waals surface area (Å²) in [6.07, 6.45) is 0. The molecule has 6 heteroatoms. The largest absolute Gasteiger partial charge is 0.455 e. The molecule has 29 aromatic rings. The van der Waals surface area contributed by atoms with Crippen molar-refractivity contribution < 1.29 is 13.3 Å². The second-order valence-corrected chi connectivity index (χ2v) is 37.5. The Kier molecular flexibility index (Phi) is 21.5. The van der Waals surface area contributed by atoms with Crippen LogP contribution >= 0.6 is 0 Å². The molecular weight excluding hydrogens is 1770 g/mol. The summed E-state index contributed by atoms with van der Waals surface area (Å²) in [5.41, 5.74) is 29.5. The molecule has 0 saturated heterocycles. The van der Waals surface area contributed by atoms with Crippen LogP contribution in [0.5, 0.6) is 0 Å². The van der Waals surface area contributed by atoms with E-state index < -0.39 is 0 Å². The summed E-state index contributed by atoms with van der Waals surface area (Å²) in [5, 5.41) is 25.4. The molecule has 0 aliphatic heterocycles. The monoisotopic (exact) mass is 1860 g/mol. The molecule has 0 atom stereocenters. The number of furan rings is 3. The van der Waals surface area contributed by atoms with Gasteiger partial charge < -0.3 is 28.0 Å². The molecule has 0 aliphatic rings. The molecule has 0 spiro atoms. The summed E-state index contributed by atoms with van der Waals surface area (Å²) in [5.74, 6) is 0. The summed E-state index contributed by atoms with van der Waals surface area (Å²) in [6.45, 7) is 0. The van der Waals surface area contributed by atoms with Gasteiger partial charge in [-0.2, -0.15) is 0 Å². The third-order valence-corrected chi connectivity index (χ3v) is 29.0. The van der Waals surface area contributed by atoms with Crippen molar-refractivity contribution in [3.63, 3.8) is 0 Å². The van der Waals surface area contributed by atoms with Gasteiger partial charge in [0, 0.05) is 65.5 Å². The predicted molar refractivity (Wildman–Crippen MR) is 618 cm³/mol. The first kappa shape index (κ1) is 85.8. The lowest BCUT2D eigenvalue weighted by molar-refractivity contribution is 0.672. The maximum Gasteiger partial charge on any atom is 0.143 e. The standard InChI is InChI=1S/2C48H31NO.C44H29NO/c1-2-14-32(15-3-1)35-20-10-21-36(30-35)41-31-42-47-45(28-13-29-46(47)50-48(42)40-25-9-8-24-39(40)41)49(43-26-11-18-33-16-4-6-22-37(33)43)44-27-12-19-34-17-5-7-23-38(34)44;1-2-12-32(13-3-1)35-18-10-19-38(28-35)43-31-44-47-45(22-11-23-46(47)50-48(44)42-21-9-8-20-41(42)43)49(39-26-24-33-14-4-6-16-36(33)29-39)40-27-25-34-15-5-7-17-37(34)30-40;1-3-14-30(15-4-1)32-18-11-19-33(28-32)38-29-39-43-41(26-13-27-42(43)46-44(39)37-24-10-9-23-36(37)38)45(34-20-5-2-6-21-34)40-25-12-17-31-16-7-8-22-35(31)40/h2*1-31H;1-29H. The van der Waals surface area contributed by atoms with E-state index in [1.807, 2.05) is 0 Å². The van der Waals surface area contributed by atoms with E-state index in [1.165, 1.54) is 137 Å². The van der Waals surface area contributed by atoms with Crippen LogP contribution in [-0.2, 0) is 0 Å². The Bertz CT molecular complexity index is 9950. The van der Waals surface area contributed by atoms with Crippen molar-refractivity contribution in [2.45, 2.75) is 0 Å². The van der Waals surface area contributed by atoms with Crippen LogP contribution in [0.3, 0.4) is 0 Å². The minimum Gasteiger partial charge on any atom is -0.455 e. The van der Waals surface area contributed by atoms with E-state index in [9.17, 15) is 0 Å². The van der Waals surface area contributed by atoms with E-state index in [4.69, 9.17) is 13.3 Å². The number of hydrogen-bond donors (Lipinski definition) is 0. The topological polar surface area (TPSA) is 49.1 Å². The number of fused-ring (bicyclic) bond motifs is 20. The Morgan fingerprint density at radius 2 is 0.370 bits per heavy atom. The SMILES string of the molecule is c1ccc(-c2cccc(-c3cc4c(oc5cccc(N(c6ccc7ccccc7c6)c6ccc7ccccc7c6)c54)c4ccccc34)c2)cc1.c1ccc(-c2cccc(-c3cc4c(oc5cccc(N(c6cccc7ccccc67)c6cccc7ccccc67)c54)c4ccccc34)c2)cc1.c1ccc(-c2cccc(-c3cc4c(oc5cccc(N(c6ccccc6)c6cccc7ccccc67)c54)c4ccccc34)c2)cc1. The molecule has 0 radical (unpaired) electrons. The Morgan fingerprint density at radius 3 is 0.726 bits per heavy atom. The predicted octanol–water partition coefficient (Wildman–Crippen LogP) is 40.4. The molecule has 146 heavy (non-hydrogen) atoms. The molecule has 0 unspecified atom stereocenters. The normalized spacial score (nSPS) is 11.6. The summed E-state index contributed by atoms with van der Waals surface area (Å²) >= 11 is 0. The smallest absolute Gasteiger partial charge is 0.143 e. The fraction of sp³-hybridized carbons (Fsp3) is 0. The highest BCUT2D eigenvalue weighted by atomic mass is 16.3. The Morgan fingerprint density at radius 1 is 0.123 bits per heavy atom. The number of benzene rings is 26. The molecule has 0 aliphatic carbocycles. The molecule has 0 saturated carbocycles. The number of nitrogens with zero attached hydrogens (tertiary/aromatic N) is 3. The lowest BCUT2D eigenvalue weighted by atomic mass is 9.93. The number of para-hydroxylation sites is 1. The van der Waals surface area contributed by atoms with Crippen molar-refractivity contribution in [2.75, 3.05) is 14.7 Å². The third kappa shape index (κ3) is 15.3. The van der Waals surface area contributed by atoms with Gasteiger partial charge in [-0.15, -0.1) is 0 Å². The van der Waals surface area contributed by atoms with E-state index >= 15 is 0 Å². The van der Waals surface area contributed by atoms with Crippen LogP contribution in [0.25, 0.3) is 219 Å². The fourth-order valence-corrected chi connectivity index (χ4v) is 22.3. The van der Waals surface area contributed by atoms with Gasteiger partial charge in [-0.05, 0) is 248 Å². The number of rotatable bonds is 15. The highest BCUT2D eigenvalue weighted by Crippen LogP contribution is 2.54. The summed E-state index contributed by atoms with van der Waals surface area (Å²) < 4.78 is 20.5. The summed E-state index contributed by atoms with van der Waals surface area (Å²) in [6, 6.07) is 198. The van der Waals surface area contributed by atoms with Crippen molar-refractivity contribution in [1.82, 2.24) is 0 Å². The number of anilines is 9. The average molecular weight is 1860 g/mol. The second kappa shape index (κ2) is 36.7. The van der Waals surface area contributed by atoms with Crippen molar-refractivity contribution in [2.24, 2.45) is 0 Å². The van der Waals surface area contributed by atoms with E-state index in [1.54, 1.807) is 0 Å². The molecule has 684 valence electrons. The zero-order valence-corrected chi connectivity index (χ0v) is 79.6. The zero-order chi connectivity index (χ0) is 96.5. The first-order valence-electron chi connectivity index (χ1n) is 49.9. The van der Waals surface area contributed by atoms with Crippen LogP contribution < -0.4 is 14.7 Å². The van der Waals surface area contributed by atoms with Gasteiger partial charge in [-0.25, -0.2) is 0 Å². The highest BCUT2D eigenvalue weighted by Gasteiger charge is 2.29. The summed E-state index contributed by atoms with van der Waals surface area (Å²) in [7, 11) is 0. The van der Waals surface area contributed by atoms with E-state index in [-0.39, 0.29) is 0 Å². The van der Waals surface area contributed by atoms with Gasteiger partial charge >= 0.3 is 0 Å². The molecule has 0 N–H and O–H groups in total. The Labute approximate surface area is 843 Å². The zero-order valence-electron chi connectivity index (χ0n) is 79.6. The molecule has 0 fully saturated rings. The van der Waals surface area contributed by atoms with Gasteiger partial charge in [-0.3, -0.25) is 0 Å². The minimum atomic E-state index is 0.864. The molecule has 3 aromatic heterocycles. The van der Waals surface area contributed by atoms with Crippen molar-refractivity contribution in [3.05, 3.63) is 552 Å². The lowest BCUT2D eigenvalue weighted by Crippen LogP contribution is -2.11. The molecule has 0 amide bonds. The van der Waals surface area contributed by atoms with Crippen LogP contribution in [0.1, 0.15) is 0 Å². The quantitative estimate of drug-likeness (QED) is 0.102. The first-order valence-corrected chi connectivity index (χ1v) is 49.9. The van der Waals surface area contributed by atoms with Crippen LogP contribution in [0.15, 0.2) is 565 Å². The second-order valence-electron chi connectivity index (χ2n) is 37.5. The van der Waals surface area contributed by atoms with Crippen LogP contribution in [-0.4, -0.2) is 0 Å². The van der Waals surface area contributed by atoms with Gasteiger partial charge in [0.2, 0.25) is 0 Å². The van der Waals surface area contributed by atoms with Gasteiger partial charge in [-0.1, -0.05) is 425 Å². The van der Waals surface area contributed by atoms with Gasteiger partial charge in [0.05, 0.1) is 50.3 Å². The third-order valence-electron chi connectivity index (χ3n) is 29.0. The highest BCUT2D eigenvalue weighted by molar-refractivity contribution is 6.27. The molecule has 29 rings (SSSR count). The van der Waals surface area contributed by atoms with Crippen LogP contribution in [0, 0.1) is 0 Å². The minimum absolute atomic E-state index is 0.864. The van der Waals surface area contributed by atoms with Crippen molar-refractivity contribution in [1.29, 1.82) is 0 Å². The molecule has 3 heterocycles. The maximum atomic E-state index is 6.86. The Hall–Kier alpha value is -19.4. The lowest BCUT2D eigenvalue weighted by Gasteiger charge is -2.28. The molecule has 26 aromatic carbocycles. The average Bonchev–Trinajstić information content (AvgIpc) is 1.61. The van der Waals surface area contributed by atoms with Crippen LogP contribution in [0.2, 0.25) is 0 Å². The van der Waals surface area contributed by atoms with Crippen LogP contribution in [0.4, 0.5) is 51.2 Å². The maximum absolute atomic E-state index is 6.86. The van der Waals surface area contributed by atoms with Crippen molar-refractivity contribution >= 4 is 203 Å². The van der Waals surface area contributed by atoms with E-state index in [0.717, 1.165) is 133 Å². The summed E-state index contributed by atoms with van der Waals surface area (Å²) in [4.78, 5) is 7.21.